The fourth-order valence-electron chi connectivity index (χ4n) is 11.6. The summed E-state index contributed by atoms with van der Waals surface area (Å²) in [4.78, 5) is 34.1. The maximum atomic E-state index is 13.2. The van der Waals surface area contributed by atoms with E-state index in [4.69, 9.17) is 14.7 Å². The van der Waals surface area contributed by atoms with Gasteiger partial charge in [-0.05, 0) is 96.3 Å². The highest BCUT2D eigenvalue weighted by molar-refractivity contribution is 5.90. The number of hydrogen-bond acceptors (Lipinski definition) is 5. The van der Waals surface area contributed by atoms with E-state index in [0.29, 0.717) is 49.2 Å². The molecule has 2 aromatic carbocycles. The third-order valence-corrected chi connectivity index (χ3v) is 14.1. The van der Waals surface area contributed by atoms with E-state index < -0.39 is 0 Å². The molecule has 1 heterocycles. The molecule has 0 N–H and O–H groups in total. The molecule has 7 atom stereocenters. The summed E-state index contributed by atoms with van der Waals surface area (Å²) in [6, 6.07) is 16.9. The average molecular weight is 623 g/mol. The first kappa shape index (κ1) is 30.2. The Labute approximate surface area is 274 Å². The molecule has 5 aliphatic carbocycles. The number of ketones is 1. The van der Waals surface area contributed by atoms with E-state index in [0.717, 1.165) is 38.5 Å². The molecule has 5 fully saturated rings. The lowest BCUT2D eigenvalue weighted by atomic mass is 9.41. The Hall–Kier alpha value is -3.15. The van der Waals surface area contributed by atoms with Gasteiger partial charge >= 0.3 is 6.09 Å². The standard InChI is InChI=1S/C40H50N2O4/c1-38(2)34-15-13-30-32-14-16-36(43)40(32,4)20-17-33(30)39(34,3)21-18-35(38)41-46-25-19-22-42(23-25)37(44)45-24-31-28-11-7-5-9-26(28)27-10-6-8-12-29(27)31/h5-12,25,30-34H,13-24H2,1-4H3/b41-35+/t25-,30+,32+,33+,34?,39-,40+/m1/s1. The Kier molecular flexibility index (Phi) is 7.19. The fourth-order valence-corrected chi connectivity index (χ4v) is 11.6. The summed E-state index contributed by atoms with van der Waals surface area (Å²) >= 11 is 0. The highest BCUT2D eigenvalue weighted by Gasteiger charge is 2.63. The Balaban J connectivity index is 0.889. The van der Waals surface area contributed by atoms with Crippen LogP contribution in [0.3, 0.4) is 0 Å². The zero-order chi connectivity index (χ0) is 31.8. The van der Waals surface area contributed by atoms with Gasteiger partial charge in [0, 0.05) is 36.1 Å². The first-order chi connectivity index (χ1) is 22.1. The molecule has 46 heavy (non-hydrogen) atoms. The van der Waals surface area contributed by atoms with Crippen LogP contribution in [0.4, 0.5) is 4.79 Å². The first-order valence-electron chi connectivity index (χ1n) is 18.0. The maximum absolute atomic E-state index is 13.2. The normalized spacial score (nSPS) is 36.9. The third-order valence-electron chi connectivity index (χ3n) is 14.1. The summed E-state index contributed by atoms with van der Waals surface area (Å²) in [6.45, 7) is 11.1. The quantitative estimate of drug-likeness (QED) is 0.320. The molecule has 2 aromatic rings. The largest absolute Gasteiger partial charge is 0.448 e. The minimum Gasteiger partial charge on any atom is -0.448 e. The monoisotopic (exact) mass is 622 g/mol. The molecular formula is C40H50N2O4. The van der Waals surface area contributed by atoms with Crippen LogP contribution in [-0.2, 0) is 14.4 Å². The molecular weight excluding hydrogens is 572 g/mol. The van der Waals surface area contributed by atoms with Gasteiger partial charge in [0.15, 0.2) is 0 Å². The number of Topliss-reactive ketones (excluding diaryl/α,β-unsaturated/α-hetero) is 1. The zero-order valence-electron chi connectivity index (χ0n) is 28.1. The molecule has 1 saturated heterocycles. The van der Waals surface area contributed by atoms with Crippen molar-refractivity contribution >= 4 is 17.6 Å². The summed E-state index contributed by atoms with van der Waals surface area (Å²) in [5.74, 6) is 3.14. The van der Waals surface area contributed by atoms with E-state index in [1.54, 1.807) is 4.90 Å². The second-order valence-electron chi connectivity index (χ2n) is 16.5. The van der Waals surface area contributed by atoms with Gasteiger partial charge in [0.1, 0.15) is 18.5 Å². The number of amides is 1. The molecule has 6 aliphatic rings. The van der Waals surface area contributed by atoms with Crippen LogP contribution in [-0.4, -0.2) is 48.3 Å². The maximum Gasteiger partial charge on any atom is 0.409 e. The number of fused-ring (bicyclic) bond motifs is 8. The van der Waals surface area contributed by atoms with Crippen molar-refractivity contribution in [3.8, 4) is 11.1 Å². The van der Waals surface area contributed by atoms with Crippen molar-refractivity contribution < 1.29 is 19.2 Å². The molecule has 0 spiro atoms. The summed E-state index contributed by atoms with van der Waals surface area (Å²) in [6.07, 6.45) is 9.14. The number of nitrogens with zero attached hydrogens (tertiary/aromatic N) is 2. The van der Waals surface area contributed by atoms with E-state index in [1.165, 1.54) is 47.2 Å². The summed E-state index contributed by atoms with van der Waals surface area (Å²) < 4.78 is 5.93. The minimum atomic E-state index is -0.265. The van der Waals surface area contributed by atoms with Gasteiger partial charge in [-0.15, -0.1) is 0 Å². The highest BCUT2D eigenvalue weighted by Crippen LogP contribution is 2.67. The predicted molar refractivity (Wildman–Crippen MR) is 179 cm³/mol. The van der Waals surface area contributed by atoms with Crippen LogP contribution in [0.15, 0.2) is 53.7 Å². The number of hydrogen-bond donors (Lipinski definition) is 0. The molecule has 6 nitrogen and oxygen atoms in total. The number of likely N-dealkylation sites (tertiary alicyclic amines) is 1. The molecule has 0 radical (unpaired) electrons. The summed E-state index contributed by atoms with van der Waals surface area (Å²) in [7, 11) is 0. The van der Waals surface area contributed by atoms with Crippen molar-refractivity contribution in [3.63, 3.8) is 0 Å². The van der Waals surface area contributed by atoms with Gasteiger partial charge < -0.3 is 14.5 Å². The second-order valence-corrected chi connectivity index (χ2v) is 16.5. The lowest BCUT2D eigenvalue weighted by Gasteiger charge is -2.63. The smallest absolute Gasteiger partial charge is 0.409 e. The van der Waals surface area contributed by atoms with Crippen molar-refractivity contribution in [1.82, 2.24) is 4.90 Å². The molecule has 244 valence electrons. The Bertz CT molecular complexity index is 1530. The number of ether oxygens (including phenoxy) is 1. The molecule has 6 heteroatoms. The van der Waals surface area contributed by atoms with Crippen molar-refractivity contribution in [3.05, 3.63) is 59.7 Å². The Morgan fingerprint density at radius 3 is 2.33 bits per heavy atom. The van der Waals surface area contributed by atoms with Gasteiger partial charge in [0.25, 0.3) is 0 Å². The molecule has 4 saturated carbocycles. The van der Waals surface area contributed by atoms with Gasteiger partial charge in [-0.2, -0.15) is 0 Å². The Morgan fingerprint density at radius 2 is 1.59 bits per heavy atom. The van der Waals surface area contributed by atoms with Crippen LogP contribution < -0.4 is 0 Å². The van der Waals surface area contributed by atoms with E-state index in [2.05, 4.69) is 76.2 Å². The number of carbonyl (C=O) groups is 2. The summed E-state index contributed by atoms with van der Waals surface area (Å²) in [5, 5.41) is 4.86. The first-order valence-corrected chi connectivity index (χ1v) is 18.0. The molecule has 1 aliphatic heterocycles. The third kappa shape index (κ3) is 4.52. The van der Waals surface area contributed by atoms with E-state index in [1.807, 2.05) is 0 Å². The number of rotatable bonds is 4. The van der Waals surface area contributed by atoms with Crippen molar-refractivity contribution in [2.24, 2.45) is 45.1 Å². The molecule has 1 unspecified atom stereocenters. The lowest BCUT2D eigenvalue weighted by Crippen LogP contribution is -2.58. The van der Waals surface area contributed by atoms with Crippen molar-refractivity contribution in [1.29, 1.82) is 0 Å². The second kappa shape index (κ2) is 11.0. The number of oxime groups is 1. The number of carbonyl (C=O) groups excluding carboxylic acids is 2. The zero-order valence-corrected chi connectivity index (χ0v) is 28.1. The van der Waals surface area contributed by atoms with E-state index in [-0.39, 0.29) is 34.4 Å². The van der Waals surface area contributed by atoms with Crippen LogP contribution in [0.2, 0.25) is 0 Å². The van der Waals surface area contributed by atoms with Crippen LogP contribution in [0.25, 0.3) is 11.1 Å². The van der Waals surface area contributed by atoms with Gasteiger partial charge in [-0.1, -0.05) is 81.4 Å². The van der Waals surface area contributed by atoms with E-state index in [9.17, 15) is 9.59 Å². The van der Waals surface area contributed by atoms with Crippen molar-refractivity contribution in [2.75, 3.05) is 19.7 Å². The predicted octanol–water partition coefficient (Wildman–Crippen LogP) is 8.63. The van der Waals surface area contributed by atoms with Crippen LogP contribution in [0, 0.1) is 39.9 Å². The van der Waals surface area contributed by atoms with Gasteiger partial charge in [-0.25, -0.2) is 4.79 Å². The van der Waals surface area contributed by atoms with Gasteiger partial charge in [0.05, 0.1) is 12.3 Å². The highest BCUT2D eigenvalue weighted by atomic mass is 16.6. The molecule has 8 rings (SSSR count). The van der Waals surface area contributed by atoms with E-state index >= 15 is 0 Å². The van der Waals surface area contributed by atoms with Crippen LogP contribution in [0.1, 0.15) is 103 Å². The lowest BCUT2D eigenvalue weighted by molar-refractivity contribution is -0.141. The van der Waals surface area contributed by atoms with Gasteiger partial charge in [-0.3, -0.25) is 4.79 Å². The number of benzene rings is 2. The fraction of sp³-hybridized carbons (Fsp3) is 0.625. The Morgan fingerprint density at radius 1 is 0.870 bits per heavy atom. The average Bonchev–Trinajstić information content (AvgIpc) is 3.74. The molecule has 1 amide bonds. The SMILES string of the molecule is CC1(C)/C(=N/O[C@@H]2CCN(C(=O)OCC3c4ccccc4-c4ccccc43)C2)CC[C@@]2(C)C1CC[C@@H]1[C@@H]2CC[C@]2(C)C(=O)CC[C@@H]12. The molecule has 0 bridgehead atoms. The van der Waals surface area contributed by atoms with Crippen molar-refractivity contribution in [2.45, 2.75) is 97.5 Å². The minimum absolute atomic E-state index is 0.0324. The summed E-state index contributed by atoms with van der Waals surface area (Å²) in [5.41, 5.74) is 6.30. The van der Waals surface area contributed by atoms with Crippen LogP contribution >= 0.6 is 0 Å². The molecule has 0 aromatic heterocycles. The topological polar surface area (TPSA) is 68.2 Å². The van der Waals surface area contributed by atoms with Crippen LogP contribution in [0.5, 0.6) is 0 Å². The van der Waals surface area contributed by atoms with Gasteiger partial charge in [0.2, 0.25) is 0 Å².